The fraction of sp³-hybridized carbons (Fsp3) is 0.136. The van der Waals surface area contributed by atoms with Crippen LogP contribution in [0.5, 0.6) is 5.75 Å². The van der Waals surface area contributed by atoms with Crippen LogP contribution in [0.15, 0.2) is 52.9 Å². The molecule has 0 bridgehead atoms. The van der Waals surface area contributed by atoms with Crippen molar-refractivity contribution in [2.24, 2.45) is 0 Å². The Bertz CT molecular complexity index is 1140. The van der Waals surface area contributed by atoms with Crippen LogP contribution in [0.4, 0.5) is 14.5 Å². The molecule has 2 aromatic carbocycles. The number of anilines is 1. The second-order valence-electron chi connectivity index (χ2n) is 6.37. The van der Waals surface area contributed by atoms with Crippen molar-refractivity contribution in [1.29, 1.82) is 0 Å². The molecule has 1 N–H and O–H groups in total. The number of amides is 1. The first-order valence-corrected chi connectivity index (χ1v) is 9.10. The number of hydrogen-bond acceptors (Lipinski definition) is 7. The molecule has 166 valence electrons. The van der Waals surface area contributed by atoms with Crippen molar-refractivity contribution in [3.05, 3.63) is 82.8 Å². The highest BCUT2D eigenvalue weighted by atomic mass is 19.1. The summed E-state index contributed by atoms with van der Waals surface area (Å²) in [5.74, 6) is -3.79. The molecular formula is C22H17F2NO7. The van der Waals surface area contributed by atoms with Crippen LogP contribution in [0.25, 0.3) is 0 Å². The number of methoxy groups -OCH3 is 2. The highest BCUT2D eigenvalue weighted by molar-refractivity contribution is 6.04. The van der Waals surface area contributed by atoms with E-state index in [9.17, 15) is 23.2 Å². The molecule has 0 unspecified atom stereocenters. The number of benzene rings is 2. The number of nitrogens with one attached hydrogen (secondary N) is 1. The zero-order valence-corrected chi connectivity index (χ0v) is 16.9. The van der Waals surface area contributed by atoms with Crippen LogP contribution in [0.1, 0.15) is 37.0 Å². The zero-order valence-electron chi connectivity index (χ0n) is 16.9. The number of rotatable bonds is 7. The van der Waals surface area contributed by atoms with Crippen molar-refractivity contribution in [3.63, 3.8) is 0 Å². The summed E-state index contributed by atoms with van der Waals surface area (Å²) in [6, 6.07) is 9.58. The van der Waals surface area contributed by atoms with Crippen molar-refractivity contribution in [2.75, 3.05) is 19.5 Å². The minimum atomic E-state index is -0.874. The monoisotopic (exact) mass is 445 g/mol. The summed E-state index contributed by atoms with van der Waals surface area (Å²) in [5, 5.41) is 2.51. The lowest BCUT2D eigenvalue weighted by Gasteiger charge is -2.09. The highest BCUT2D eigenvalue weighted by Crippen LogP contribution is 2.21. The lowest BCUT2D eigenvalue weighted by Crippen LogP contribution is -2.13. The van der Waals surface area contributed by atoms with Crippen molar-refractivity contribution in [3.8, 4) is 5.75 Å². The summed E-state index contributed by atoms with van der Waals surface area (Å²) < 4.78 is 46.5. The van der Waals surface area contributed by atoms with E-state index in [0.29, 0.717) is 6.07 Å². The molecule has 0 saturated heterocycles. The molecule has 10 heteroatoms. The zero-order chi connectivity index (χ0) is 23.3. The first kappa shape index (κ1) is 22.5. The van der Waals surface area contributed by atoms with Gasteiger partial charge in [0.25, 0.3) is 5.91 Å². The maximum atomic E-state index is 13.6. The van der Waals surface area contributed by atoms with Gasteiger partial charge in [-0.3, -0.25) is 4.79 Å². The van der Waals surface area contributed by atoms with Crippen LogP contribution >= 0.6 is 0 Å². The van der Waals surface area contributed by atoms with Gasteiger partial charge in [-0.15, -0.1) is 0 Å². The topological polar surface area (TPSA) is 104 Å². The van der Waals surface area contributed by atoms with Gasteiger partial charge in [-0.1, -0.05) is 0 Å². The van der Waals surface area contributed by atoms with E-state index < -0.39 is 29.5 Å². The molecule has 0 aliphatic rings. The second kappa shape index (κ2) is 9.73. The van der Waals surface area contributed by atoms with Gasteiger partial charge in [0, 0.05) is 11.8 Å². The van der Waals surface area contributed by atoms with E-state index in [2.05, 4.69) is 14.8 Å². The summed E-state index contributed by atoms with van der Waals surface area (Å²) in [5.41, 5.74) is 0.182. The molecule has 0 saturated carbocycles. The molecule has 0 atom stereocenters. The van der Waals surface area contributed by atoms with E-state index in [1.807, 2.05) is 0 Å². The molecule has 32 heavy (non-hydrogen) atoms. The van der Waals surface area contributed by atoms with Gasteiger partial charge in [-0.25, -0.2) is 18.4 Å². The Morgan fingerprint density at radius 2 is 1.56 bits per heavy atom. The smallest absolute Gasteiger partial charge is 0.337 e. The van der Waals surface area contributed by atoms with Gasteiger partial charge >= 0.3 is 11.9 Å². The first-order chi connectivity index (χ1) is 15.3. The Kier molecular flexibility index (Phi) is 6.83. The van der Waals surface area contributed by atoms with Gasteiger partial charge in [0.2, 0.25) is 0 Å². The van der Waals surface area contributed by atoms with Crippen LogP contribution < -0.4 is 10.1 Å². The average molecular weight is 445 g/mol. The largest absolute Gasteiger partial charge is 0.483 e. The second-order valence-corrected chi connectivity index (χ2v) is 6.37. The molecular weight excluding hydrogens is 428 g/mol. The van der Waals surface area contributed by atoms with Crippen LogP contribution in [0.3, 0.4) is 0 Å². The van der Waals surface area contributed by atoms with Gasteiger partial charge in [-0.2, -0.15) is 0 Å². The maximum Gasteiger partial charge on any atom is 0.337 e. The lowest BCUT2D eigenvalue weighted by molar-refractivity contribution is 0.0599. The van der Waals surface area contributed by atoms with E-state index >= 15 is 0 Å². The van der Waals surface area contributed by atoms with Gasteiger partial charge in [0.15, 0.2) is 17.3 Å². The van der Waals surface area contributed by atoms with Crippen molar-refractivity contribution in [1.82, 2.24) is 0 Å². The Morgan fingerprint density at radius 3 is 2.16 bits per heavy atom. The van der Waals surface area contributed by atoms with Crippen LogP contribution in [-0.2, 0) is 16.1 Å². The average Bonchev–Trinajstić information content (AvgIpc) is 3.26. The van der Waals surface area contributed by atoms with Gasteiger partial charge in [0.05, 0.1) is 25.3 Å². The first-order valence-electron chi connectivity index (χ1n) is 9.10. The Labute approximate surface area is 180 Å². The van der Waals surface area contributed by atoms with Crippen molar-refractivity contribution < 1.29 is 41.8 Å². The molecule has 0 fully saturated rings. The Hall–Kier alpha value is -4.21. The number of carbonyl (C=O) groups is 3. The molecule has 0 radical (unpaired) electrons. The fourth-order valence-corrected chi connectivity index (χ4v) is 2.68. The summed E-state index contributed by atoms with van der Waals surface area (Å²) in [7, 11) is 2.35. The molecule has 1 heterocycles. The predicted molar refractivity (Wildman–Crippen MR) is 106 cm³/mol. The van der Waals surface area contributed by atoms with Gasteiger partial charge in [0.1, 0.15) is 18.2 Å². The van der Waals surface area contributed by atoms with Gasteiger partial charge < -0.3 is 23.9 Å². The maximum absolute atomic E-state index is 13.6. The normalized spacial score (nSPS) is 10.4. The molecule has 0 spiro atoms. The number of halogens is 2. The van der Waals surface area contributed by atoms with Gasteiger partial charge in [-0.05, 0) is 42.5 Å². The number of ether oxygens (including phenoxy) is 3. The molecule has 3 rings (SSSR count). The van der Waals surface area contributed by atoms with E-state index in [0.717, 1.165) is 12.1 Å². The third kappa shape index (κ3) is 5.28. The molecule has 0 aliphatic heterocycles. The van der Waals surface area contributed by atoms with Crippen LogP contribution in [-0.4, -0.2) is 32.1 Å². The number of furan rings is 1. The predicted octanol–water partition coefficient (Wildman–Crippen LogP) is 3.96. The third-order valence-corrected chi connectivity index (χ3v) is 4.18. The standard InChI is InChI=1S/C22H17F2NO7/c1-29-21(27)12-7-13(22(28)30-2)9-15(8-12)25-20(26)19-6-4-16(32-19)11-31-18-5-3-14(23)10-17(18)24/h3-10H,11H2,1-2H3,(H,25,26). The van der Waals surface area contributed by atoms with E-state index in [1.54, 1.807) is 0 Å². The molecule has 1 aromatic heterocycles. The summed E-state index contributed by atoms with van der Waals surface area (Å²) in [4.78, 5) is 36.2. The number of hydrogen-bond donors (Lipinski definition) is 1. The molecule has 1 amide bonds. The Morgan fingerprint density at radius 1 is 0.906 bits per heavy atom. The summed E-state index contributed by atoms with van der Waals surface area (Å²) in [6.45, 7) is -0.208. The lowest BCUT2D eigenvalue weighted by atomic mass is 10.1. The Balaban J connectivity index is 1.73. The van der Waals surface area contributed by atoms with Crippen LogP contribution in [0, 0.1) is 11.6 Å². The molecule has 3 aromatic rings. The summed E-state index contributed by atoms with van der Waals surface area (Å²) >= 11 is 0. The minimum Gasteiger partial charge on any atom is -0.483 e. The van der Waals surface area contributed by atoms with E-state index in [4.69, 9.17) is 9.15 Å². The van der Waals surface area contributed by atoms with Crippen molar-refractivity contribution >= 4 is 23.5 Å². The van der Waals surface area contributed by atoms with Crippen LogP contribution in [0.2, 0.25) is 0 Å². The van der Waals surface area contributed by atoms with E-state index in [1.165, 1.54) is 44.6 Å². The van der Waals surface area contributed by atoms with E-state index in [-0.39, 0.29) is 40.7 Å². The number of carbonyl (C=O) groups excluding carboxylic acids is 3. The fourth-order valence-electron chi connectivity index (χ4n) is 2.68. The third-order valence-electron chi connectivity index (χ3n) is 4.18. The summed E-state index contributed by atoms with van der Waals surface area (Å²) in [6.07, 6.45) is 0. The van der Waals surface area contributed by atoms with Crippen molar-refractivity contribution in [2.45, 2.75) is 6.61 Å². The highest BCUT2D eigenvalue weighted by Gasteiger charge is 2.17. The molecule has 8 nitrogen and oxygen atoms in total. The number of esters is 2. The minimum absolute atomic E-state index is 0.0283. The molecule has 0 aliphatic carbocycles. The quantitative estimate of drug-likeness (QED) is 0.549. The SMILES string of the molecule is COC(=O)c1cc(NC(=O)c2ccc(COc3ccc(F)cc3F)o2)cc(C(=O)OC)c1.